The van der Waals surface area contributed by atoms with E-state index in [1.54, 1.807) is 12.1 Å². The predicted octanol–water partition coefficient (Wildman–Crippen LogP) is -0.913. The molecule has 2 aromatic rings. The number of hydrogen-bond acceptors (Lipinski definition) is 2. The number of fused-ring (bicyclic) bond motifs is 1. The number of rotatable bonds is 1. The number of aromatic nitrogens is 2. The first-order valence-electron chi connectivity index (χ1n) is 4.88. The van der Waals surface area contributed by atoms with Crippen molar-refractivity contribution in [2.45, 2.75) is 18.8 Å². The van der Waals surface area contributed by atoms with Crippen LogP contribution in [0.15, 0.2) is 23.0 Å². The van der Waals surface area contributed by atoms with Crippen molar-refractivity contribution in [3.8, 4) is 0 Å². The molecule has 0 spiro atoms. The molecule has 1 aliphatic carbocycles. The van der Waals surface area contributed by atoms with Crippen LogP contribution in [-0.2, 0) is 0 Å². The van der Waals surface area contributed by atoms with Crippen molar-refractivity contribution in [1.29, 1.82) is 0 Å². The van der Waals surface area contributed by atoms with E-state index < -0.39 is 5.69 Å². The minimum Gasteiger partial charge on any atom is -0.403 e. The van der Waals surface area contributed by atoms with Gasteiger partial charge >= 0.3 is 18.9 Å². The molecule has 5 heteroatoms. The molecular weight excluding hydrogens is 219 g/mol. The quantitative estimate of drug-likeness (QED) is 0.592. The van der Waals surface area contributed by atoms with Gasteiger partial charge in [0.25, 0.3) is 0 Å². The Hall–Kier alpha value is -0.753. The molecular formula is C11H8ClLiN2O. The molecule has 76 valence electrons. The Kier molecular flexibility index (Phi) is 3.12. The fraction of sp³-hybridized carbons (Fsp3) is 0.273. The zero-order valence-electron chi connectivity index (χ0n) is 8.90. The third-order valence-corrected chi connectivity index (χ3v) is 2.87. The van der Waals surface area contributed by atoms with E-state index in [2.05, 4.69) is 9.97 Å². The average Bonchev–Trinajstić information content (AvgIpc) is 3.01. The van der Waals surface area contributed by atoms with E-state index >= 15 is 0 Å². The van der Waals surface area contributed by atoms with E-state index in [-0.39, 0.29) is 18.9 Å². The molecule has 1 heterocycles. The second-order valence-corrected chi connectivity index (χ2v) is 4.26. The number of halogens is 1. The van der Waals surface area contributed by atoms with Crippen molar-refractivity contribution in [2.24, 2.45) is 0 Å². The third-order valence-electron chi connectivity index (χ3n) is 2.63. The SMILES string of the molecule is O=c1nc(C2CC2)c2cc(Cl)ccc2[n-]1.[Li+]. The van der Waals surface area contributed by atoms with E-state index in [0.29, 0.717) is 16.5 Å². The summed E-state index contributed by atoms with van der Waals surface area (Å²) in [6, 6.07) is 5.35. The Balaban J connectivity index is 0.000000963. The summed E-state index contributed by atoms with van der Waals surface area (Å²) >= 11 is 5.92. The standard InChI is InChI=1S/C11H9ClN2O.Li/c12-7-3-4-9-8(5-7)10(6-1-2-6)14-11(15)13-9;/h3-6H,1-2H2,(H,13,14,15);/q;+1/p-1. The molecule has 1 aromatic carbocycles. The maximum Gasteiger partial charge on any atom is 1.00 e. The summed E-state index contributed by atoms with van der Waals surface area (Å²) in [6.07, 6.45) is 2.22. The average molecular weight is 227 g/mol. The molecule has 1 saturated carbocycles. The van der Waals surface area contributed by atoms with Crippen LogP contribution in [0.3, 0.4) is 0 Å². The minimum absolute atomic E-state index is 0. The van der Waals surface area contributed by atoms with Gasteiger partial charge in [-0.3, -0.25) is 4.79 Å². The van der Waals surface area contributed by atoms with Crippen LogP contribution >= 0.6 is 11.6 Å². The number of hydrogen-bond donors (Lipinski definition) is 0. The Bertz CT molecular complexity index is 592. The number of nitrogens with zero attached hydrogens (tertiary/aromatic N) is 2. The monoisotopic (exact) mass is 226 g/mol. The Morgan fingerprint density at radius 1 is 1.38 bits per heavy atom. The van der Waals surface area contributed by atoms with E-state index in [4.69, 9.17) is 11.6 Å². The third kappa shape index (κ3) is 2.04. The van der Waals surface area contributed by atoms with E-state index in [1.807, 2.05) is 6.07 Å². The van der Waals surface area contributed by atoms with Crippen molar-refractivity contribution >= 4 is 22.5 Å². The van der Waals surface area contributed by atoms with Crippen LogP contribution in [0.25, 0.3) is 10.9 Å². The maximum atomic E-state index is 11.3. The molecule has 0 saturated heterocycles. The minimum atomic E-state index is -0.397. The molecule has 0 aliphatic heterocycles. The van der Waals surface area contributed by atoms with Crippen LogP contribution < -0.4 is 29.5 Å². The van der Waals surface area contributed by atoms with E-state index in [9.17, 15) is 4.79 Å². The summed E-state index contributed by atoms with van der Waals surface area (Å²) in [6.45, 7) is 0. The molecule has 1 aliphatic rings. The predicted molar refractivity (Wildman–Crippen MR) is 58.3 cm³/mol. The first-order valence-corrected chi connectivity index (χ1v) is 5.26. The van der Waals surface area contributed by atoms with Gasteiger partial charge in [0.1, 0.15) is 0 Å². The molecule has 1 aromatic heterocycles. The van der Waals surface area contributed by atoms with Gasteiger partial charge in [0.05, 0.1) is 0 Å². The largest absolute Gasteiger partial charge is 1.00 e. The molecule has 0 radical (unpaired) electrons. The fourth-order valence-electron chi connectivity index (χ4n) is 1.77. The van der Waals surface area contributed by atoms with Gasteiger partial charge < -0.3 is 9.97 Å². The summed E-state index contributed by atoms with van der Waals surface area (Å²) in [5.74, 6) is 0.432. The van der Waals surface area contributed by atoms with Gasteiger partial charge in [0, 0.05) is 5.02 Å². The molecule has 0 atom stereocenters. The molecule has 1 fully saturated rings. The van der Waals surface area contributed by atoms with Crippen LogP contribution in [0, 0.1) is 0 Å². The fourth-order valence-corrected chi connectivity index (χ4v) is 1.94. The number of benzene rings is 1. The van der Waals surface area contributed by atoms with Crippen LogP contribution in [0.2, 0.25) is 5.02 Å². The molecule has 0 amide bonds. The first-order chi connectivity index (χ1) is 7.24. The summed E-state index contributed by atoms with van der Waals surface area (Å²) in [7, 11) is 0. The first kappa shape index (κ1) is 11.7. The Morgan fingerprint density at radius 3 is 2.81 bits per heavy atom. The van der Waals surface area contributed by atoms with E-state index in [0.717, 1.165) is 23.9 Å². The van der Waals surface area contributed by atoms with Crippen molar-refractivity contribution in [1.82, 2.24) is 9.97 Å². The summed E-state index contributed by atoms with van der Waals surface area (Å²) in [5.41, 5.74) is 1.17. The topological polar surface area (TPSA) is 44.1 Å². The van der Waals surface area contributed by atoms with E-state index in [1.165, 1.54) is 0 Å². The molecule has 0 N–H and O–H groups in total. The maximum absolute atomic E-state index is 11.3. The van der Waals surface area contributed by atoms with Crippen molar-refractivity contribution < 1.29 is 18.9 Å². The summed E-state index contributed by atoms with van der Waals surface area (Å²) in [5, 5.41) is 1.58. The van der Waals surface area contributed by atoms with Gasteiger partial charge in [-0.25, -0.2) is 0 Å². The van der Waals surface area contributed by atoms with Crippen molar-refractivity contribution in [2.75, 3.05) is 0 Å². The van der Waals surface area contributed by atoms with Gasteiger partial charge in [-0.05, 0) is 41.8 Å². The van der Waals surface area contributed by atoms with Gasteiger partial charge in [-0.15, -0.1) is 0 Å². The van der Waals surface area contributed by atoms with Crippen LogP contribution in [0.5, 0.6) is 0 Å². The molecule has 3 rings (SSSR count). The zero-order chi connectivity index (χ0) is 10.4. The summed E-state index contributed by atoms with van der Waals surface area (Å²) in [4.78, 5) is 19.1. The smallest absolute Gasteiger partial charge is 0.403 e. The van der Waals surface area contributed by atoms with Gasteiger partial charge in [0.15, 0.2) is 5.69 Å². The van der Waals surface area contributed by atoms with Crippen LogP contribution in [0.1, 0.15) is 24.5 Å². The van der Waals surface area contributed by atoms with Gasteiger partial charge in [0.2, 0.25) is 0 Å². The Labute approximate surface area is 109 Å². The van der Waals surface area contributed by atoms with Gasteiger partial charge in [-0.2, -0.15) is 0 Å². The Morgan fingerprint density at radius 2 is 2.12 bits per heavy atom. The van der Waals surface area contributed by atoms with Crippen LogP contribution in [0.4, 0.5) is 0 Å². The van der Waals surface area contributed by atoms with Crippen molar-refractivity contribution in [3.63, 3.8) is 0 Å². The zero-order valence-corrected chi connectivity index (χ0v) is 9.66. The summed E-state index contributed by atoms with van der Waals surface area (Å²) < 4.78 is 0. The van der Waals surface area contributed by atoms with Crippen molar-refractivity contribution in [3.05, 3.63) is 39.4 Å². The second kappa shape index (κ2) is 4.25. The molecule has 0 bridgehead atoms. The molecule has 16 heavy (non-hydrogen) atoms. The molecule has 3 nitrogen and oxygen atoms in total. The molecule has 0 unspecified atom stereocenters. The van der Waals surface area contributed by atoms with Gasteiger partial charge in [-0.1, -0.05) is 23.4 Å². The second-order valence-electron chi connectivity index (χ2n) is 3.83. The van der Waals surface area contributed by atoms with Crippen LogP contribution in [-0.4, -0.2) is 4.98 Å². The normalized spacial score (nSPS) is 14.8.